The number of amides is 2. The first kappa shape index (κ1) is 29.6. The highest BCUT2D eigenvalue weighted by Crippen LogP contribution is 2.59. The summed E-state index contributed by atoms with van der Waals surface area (Å²) in [6.45, 7) is 7.00. The van der Waals surface area contributed by atoms with Crippen molar-refractivity contribution in [2.75, 3.05) is 5.32 Å². The van der Waals surface area contributed by atoms with Crippen LogP contribution in [0.2, 0.25) is 5.02 Å². The molecule has 1 saturated carbocycles. The summed E-state index contributed by atoms with van der Waals surface area (Å²) in [6, 6.07) is 4.33. The van der Waals surface area contributed by atoms with Crippen molar-refractivity contribution in [2.45, 2.75) is 65.3 Å². The number of pyridine rings is 1. The van der Waals surface area contributed by atoms with E-state index >= 15 is 0 Å². The Hall–Kier alpha value is -4.78. The third kappa shape index (κ3) is 5.32. The molecule has 2 aliphatic rings. The monoisotopic (exact) mass is 664 g/mol. The van der Waals surface area contributed by atoms with Gasteiger partial charge in [-0.25, -0.2) is 14.5 Å². The summed E-state index contributed by atoms with van der Waals surface area (Å²) < 4.78 is 51.2. The van der Waals surface area contributed by atoms with Crippen LogP contribution in [0.1, 0.15) is 55.4 Å². The van der Waals surface area contributed by atoms with E-state index in [0.717, 1.165) is 28.5 Å². The molecule has 4 aromatic heterocycles. The van der Waals surface area contributed by atoms with Crippen molar-refractivity contribution in [3.8, 4) is 11.1 Å². The molecule has 14 heteroatoms. The molecule has 242 valence electrons. The molecule has 47 heavy (non-hydrogen) atoms. The average Bonchev–Trinajstić information content (AvgIpc) is 3.26. The molecule has 0 radical (unpaired) electrons. The first-order chi connectivity index (χ1) is 22.5. The van der Waals surface area contributed by atoms with E-state index in [1.807, 2.05) is 45.2 Å². The lowest BCUT2D eigenvalue weighted by Gasteiger charge is -2.27. The van der Waals surface area contributed by atoms with E-state index in [1.54, 1.807) is 21.5 Å². The van der Waals surface area contributed by atoms with Gasteiger partial charge in [0.25, 0.3) is 0 Å². The number of nitrogens with zero attached hydrogens (tertiary/aromatic N) is 6. The van der Waals surface area contributed by atoms with Crippen molar-refractivity contribution < 1.29 is 28.9 Å². The summed E-state index contributed by atoms with van der Waals surface area (Å²) in [5.74, 6) is -1.82. The number of fused-ring (bicyclic) bond motifs is 3. The molecule has 10 nitrogen and oxygen atoms in total. The molecule has 2 fully saturated rings. The molecular formula is C33H29ClF3N7O3. The van der Waals surface area contributed by atoms with E-state index in [2.05, 4.69) is 20.4 Å². The van der Waals surface area contributed by atoms with Crippen LogP contribution in [-0.4, -0.2) is 58.7 Å². The van der Waals surface area contributed by atoms with E-state index in [9.17, 15) is 27.6 Å². The number of carbonyl (C=O) groups is 3. The second-order valence-corrected chi connectivity index (χ2v) is 13.1. The maximum absolute atomic E-state index is 14.0. The van der Waals surface area contributed by atoms with Crippen molar-refractivity contribution in [2.24, 2.45) is 5.41 Å². The maximum atomic E-state index is 14.0. The third-order valence-corrected chi connectivity index (χ3v) is 9.43. The molecule has 1 aliphatic carbocycles. The van der Waals surface area contributed by atoms with Crippen molar-refractivity contribution >= 4 is 51.6 Å². The zero-order valence-corrected chi connectivity index (χ0v) is 26.5. The number of alkyl halides is 3. The average molecular weight is 665 g/mol. The van der Waals surface area contributed by atoms with Crippen LogP contribution < -0.4 is 5.32 Å². The first-order valence-corrected chi connectivity index (χ1v) is 15.2. The minimum Gasteiger partial charge on any atom is -0.337 e. The van der Waals surface area contributed by atoms with Crippen LogP contribution in [0.3, 0.4) is 0 Å². The number of nitrogens with one attached hydrogen (secondary N) is 1. The number of hydrogen-bond acceptors (Lipinski definition) is 6. The van der Waals surface area contributed by atoms with Gasteiger partial charge >= 0.3 is 6.18 Å². The van der Waals surface area contributed by atoms with Crippen LogP contribution in [0, 0.1) is 19.3 Å². The lowest BCUT2D eigenvalue weighted by molar-refractivity contribution is -0.141. The van der Waals surface area contributed by atoms with Gasteiger partial charge in [0, 0.05) is 47.2 Å². The molecule has 0 bridgehead atoms. The highest BCUT2D eigenvalue weighted by molar-refractivity contribution is 6.33. The van der Waals surface area contributed by atoms with Gasteiger partial charge < -0.3 is 14.8 Å². The maximum Gasteiger partial charge on any atom is 0.433 e. The Bertz CT molecular complexity index is 2210. The number of benzene rings is 1. The minimum absolute atomic E-state index is 0.175. The number of carbonyl (C=O) groups excluding carboxylic acids is 3. The number of likely N-dealkylation sites (tertiary alicyclic amines) is 1. The molecule has 5 aromatic rings. The lowest BCUT2D eigenvalue weighted by atomic mass is 10.0. The van der Waals surface area contributed by atoms with Gasteiger partial charge in [0.15, 0.2) is 17.2 Å². The largest absolute Gasteiger partial charge is 0.433 e. The number of rotatable bonds is 6. The molecule has 0 unspecified atom stereocenters. The summed E-state index contributed by atoms with van der Waals surface area (Å²) in [7, 11) is 0. The Morgan fingerprint density at radius 3 is 2.64 bits per heavy atom. The second kappa shape index (κ2) is 10.6. The third-order valence-electron chi connectivity index (χ3n) is 9.14. The van der Waals surface area contributed by atoms with Crippen LogP contribution in [-0.2, 0) is 22.3 Å². The Morgan fingerprint density at radius 2 is 1.91 bits per heavy atom. The minimum atomic E-state index is -4.92. The molecule has 7 rings (SSSR count). The fraction of sp³-hybridized carbons (Fsp3) is 0.333. The molecule has 1 aliphatic heterocycles. The van der Waals surface area contributed by atoms with Gasteiger partial charge in [-0.3, -0.25) is 14.4 Å². The van der Waals surface area contributed by atoms with Crippen molar-refractivity contribution in [3.63, 3.8) is 0 Å². The molecule has 2 amide bonds. The number of halogens is 4. The van der Waals surface area contributed by atoms with E-state index in [4.69, 9.17) is 13.0 Å². The zero-order chi connectivity index (χ0) is 34.4. The standard InChI is InChI=1S/C33H29ClF3N7O3/c1-16-7-19(20-12-38-27-8-17(2)41-43(27)13-20)9-21-22(18(3)45)14-42(29(16)21)15-28(46)44-24(10-32(4)11-26(32)44)31(47)40-30-23(34)5-6-25(39-30)33(35,36)37/h5-9,12-14,24,26H,10-11,15H2,1-4H3,(H,39,40,47)/t24-,26+,32-/m0/s1/i6D. The summed E-state index contributed by atoms with van der Waals surface area (Å²) in [5, 5.41) is 7.15. The summed E-state index contributed by atoms with van der Waals surface area (Å²) in [5.41, 5.74) is 3.27. The quantitative estimate of drug-likeness (QED) is 0.215. The number of ketones is 1. The number of aryl methyl sites for hydroxylation is 2. The summed E-state index contributed by atoms with van der Waals surface area (Å²) >= 11 is 6.06. The van der Waals surface area contributed by atoms with Crippen molar-refractivity contribution in [1.29, 1.82) is 0 Å². The van der Waals surface area contributed by atoms with Crippen LogP contribution in [0.4, 0.5) is 19.0 Å². The van der Waals surface area contributed by atoms with Crippen LogP contribution in [0.15, 0.2) is 48.9 Å². The van der Waals surface area contributed by atoms with Crippen LogP contribution in [0.5, 0.6) is 0 Å². The summed E-state index contributed by atoms with van der Waals surface area (Å²) in [6.07, 6.45) is 1.30. The van der Waals surface area contributed by atoms with Crippen molar-refractivity contribution in [3.05, 3.63) is 76.4 Å². The van der Waals surface area contributed by atoms with Crippen molar-refractivity contribution in [1.82, 2.24) is 29.0 Å². The fourth-order valence-corrected chi connectivity index (χ4v) is 6.93. The van der Waals surface area contributed by atoms with Gasteiger partial charge in [0.2, 0.25) is 11.8 Å². The number of anilines is 1. The Labute approximate surface area is 272 Å². The Balaban J connectivity index is 1.20. The lowest BCUT2D eigenvalue weighted by Crippen LogP contribution is -2.46. The van der Waals surface area contributed by atoms with Gasteiger partial charge in [0.1, 0.15) is 18.3 Å². The van der Waals surface area contributed by atoms with Gasteiger partial charge in [-0.15, -0.1) is 0 Å². The predicted octanol–water partition coefficient (Wildman–Crippen LogP) is 6.26. The van der Waals surface area contributed by atoms with E-state index in [-0.39, 0.29) is 34.7 Å². The molecular weight excluding hydrogens is 635 g/mol. The SMILES string of the molecule is [2H]c1cc(Cl)c(NC(=O)[C@@H]2C[C@@]3(C)C[C@H]3N2C(=O)Cn2cc(C(C)=O)c3cc(-c4cnc5cc(C)nn5c4)cc(C)c32)nc1C(F)(F)F. The Morgan fingerprint density at radius 1 is 1.15 bits per heavy atom. The Kier molecular flexibility index (Phi) is 6.69. The normalized spacial score (nSPS) is 20.9. The van der Waals surface area contributed by atoms with Gasteiger partial charge in [-0.1, -0.05) is 18.5 Å². The summed E-state index contributed by atoms with van der Waals surface area (Å²) in [4.78, 5) is 49.7. The van der Waals surface area contributed by atoms with Crippen LogP contribution >= 0.6 is 11.6 Å². The first-order valence-electron chi connectivity index (χ1n) is 15.4. The second-order valence-electron chi connectivity index (χ2n) is 12.7. The van der Waals surface area contributed by atoms with Gasteiger partial charge in [-0.2, -0.15) is 18.3 Å². The number of aromatic nitrogens is 5. The van der Waals surface area contributed by atoms with E-state index in [0.29, 0.717) is 35.0 Å². The highest BCUT2D eigenvalue weighted by Gasteiger charge is 2.64. The molecule has 0 spiro atoms. The van der Waals surface area contributed by atoms with E-state index < -0.39 is 35.7 Å². The molecule has 1 saturated heterocycles. The molecule has 3 atom stereocenters. The van der Waals surface area contributed by atoms with E-state index in [1.165, 1.54) is 11.8 Å². The smallest absolute Gasteiger partial charge is 0.337 e. The zero-order valence-electron chi connectivity index (χ0n) is 26.7. The van der Waals surface area contributed by atoms with Crippen LogP contribution in [0.25, 0.3) is 27.7 Å². The fourth-order valence-electron chi connectivity index (χ4n) is 6.79. The van der Waals surface area contributed by atoms with Gasteiger partial charge in [0.05, 0.1) is 17.6 Å². The molecule has 5 heterocycles. The molecule has 1 aromatic carbocycles. The number of Topliss-reactive ketones (excluding diaryl/α,β-unsaturated/α-hetero) is 1. The highest BCUT2D eigenvalue weighted by atomic mass is 35.5. The van der Waals surface area contributed by atoms with Gasteiger partial charge in [-0.05, 0) is 74.4 Å². The number of hydrogen-bond donors (Lipinski definition) is 1. The molecule has 1 N–H and O–H groups in total. The predicted molar refractivity (Wildman–Crippen MR) is 168 cm³/mol. The number of piperidine rings is 1. The topological polar surface area (TPSA) is 114 Å².